The molecule has 0 spiro atoms. The van der Waals surface area contributed by atoms with Gasteiger partial charge in [0.1, 0.15) is 19.0 Å². The van der Waals surface area contributed by atoms with Crippen LogP contribution in [-0.2, 0) is 6.18 Å². The van der Waals surface area contributed by atoms with Crippen LogP contribution < -0.4 is 14.2 Å². The van der Waals surface area contributed by atoms with Crippen molar-refractivity contribution in [2.45, 2.75) is 24.9 Å². The largest absolute Gasteiger partial charge is 0.486 e. The number of alkyl halides is 3. The van der Waals surface area contributed by atoms with Gasteiger partial charge < -0.3 is 14.2 Å². The fourth-order valence-corrected chi connectivity index (χ4v) is 4.49. The minimum atomic E-state index is -4.39. The first kappa shape index (κ1) is 20.0. The third-order valence-electron chi connectivity index (χ3n) is 6.10. The number of hydrogen-bond acceptors (Lipinski definition) is 5. The number of halogens is 3. The number of rotatable bonds is 2. The highest BCUT2D eigenvalue weighted by molar-refractivity contribution is 6.02. The Morgan fingerprint density at radius 2 is 1.61 bits per heavy atom. The van der Waals surface area contributed by atoms with Gasteiger partial charge in [0.2, 0.25) is 6.23 Å². The van der Waals surface area contributed by atoms with Crippen molar-refractivity contribution in [3.8, 4) is 17.2 Å². The van der Waals surface area contributed by atoms with E-state index in [-0.39, 0.29) is 6.04 Å². The fraction of sp³-hybridized carbons (Fsp3) is 0.240. The van der Waals surface area contributed by atoms with E-state index in [1.165, 1.54) is 12.1 Å². The van der Waals surface area contributed by atoms with Gasteiger partial charge in [0.15, 0.2) is 11.5 Å². The van der Waals surface area contributed by atoms with Crippen molar-refractivity contribution in [1.82, 2.24) is 5.01 Å². The summed E-state index contributed by atoms with van der Waals surface area (Å²) in [5, 5.41) is 6.71. The first-order valence-electron chi connectivity index (χ1n) is 10.7. The van der Waals surface area contributed by atoms with Crippen LogP contribution in [0.4, 0.5) is 13.2 Å². The molecule has 0 saturated heterocycles. The van der Waals surface area contributed by atoms with Gasteiger partial charge in [0.05, 0.1) is 17.3 Å². The molecule has 2 atom stereocenters. The molecule has 3 aromatic carbocycles. The lowest BCUT2D eigenvalue weighted by Gasteiger charge is -2.38. The zero-order chi connectivity index (χ0) is 22.6. The first-order chi connectivity index (χ1) is 16.0. The number of nitrogens with zero attached hydrogens (tertiary/aromatic N) is 2. The molecule has 0 amide bonds. The molecule has 3 aromatic rings. The van der Waals surface area contributed by atoms with E-state index in [0.717, 1.165) is 29.0 Å². The van der Waals surface area contributed by atoms with Crippen LogP contribution in [-0.4, -0.2) is 23.9 Å². The second-order valence-corrected chi connectivity index (χ2v) is 8.13. The maximum Gasteiger partial charge on any atom is 0.416 e. The topological polar surface area (TPSA) is 43.3 Å². The third-order valence-corrected chi connectivity index (χ3v) is 6.10. The van der Waals surface area contributed by atoms with Crippen LogP contribution >= 0.6 is 0 Å². The molecule has 3 heterocycles. The van der Waals surface area contributed by atoms with Crippen molar-refractivity contribution in [2.75, 3.05) is 13.2 Å². The second kappa shape index (κ2) is 7.43. The lowest BCUT2D eigenvalue weighted by atomic mass is 9.95. The molecule has 0 radical (unpaired) electrons. The van der Waals surface area contributed by atoms with E-state index >= 15 is 0 Å². The lowest BCUT2D eigenvalue weighted by Crippen LogP contribution is -2.33. The van der Waals surface area contributed by atoms with E-state index in [1.807, 2.05) is 47.5 Å². The summed E-state index contributed by atoms with van der Waals surface area (Å²) in [6.07, 6.45) is -4.39. The van der Waals surface area contributed by atoms with Crippen molar-refractivity contribution in [3.05, 3.63) is 89.0 Å². The van der Waals surface area contributed by atoms with Gasteiger partial charge in [-0.2, -0.15) is 18.3 Å². The van der Waals surface area contributed by atoms with E-state index < -0.39 is 18.0 Å². The van der Waals surface area contributed by atoms with Gasteiger partial charge in [-0.3, -0.25) is 0 Å². The van der Waals surface area contributed by atoms with Crippen LogP contribution in [0.1, 0.15) is 40.9 Å². The fourth-order valence-electron chi connectivity index (χ4n) is 4.49. The third kappa shape index (κ3) is 3.46. The number of fused-ring (bicyclic) bond motifs is 4. The first-order valence-corrected chi connectivity index (χ1v) is 10.7. The predicted molar refractivity (Wildman–Crippen MR) is 114 cm³/mol. The Morgan fingerprint density at radius 3 is 2.39 bits per heavy atom. The van der Waals surface area contributed by atoms with E-state index in [1.54, 1.807) is 0 Å². The van der Waals surface area contributed by atoms with Crippen molar-refractivity contribution in [2.24, 2.45) is 5.10 Å². The molecule has 0 aliphatic carbocycles. The molecule has 0 bridgehead atoms. The molecule has 3 aliphatic heterocycles. The molecule has 6 rings (SSSR count). The molecule has 8 heteroatoms. The summed E-state index contributed by atoms with van der Waals surface area (Å²) in [6.45, 7) is 1.01. The second-order valence-electron chi connectivity index (χ2n) is 8.13. The van der Waals surface area contributed by atoms with Gasteiger partial charge in [-0.15, -0.1) is 0 Å². The van der Waals surface area contributed by atoms with Crippen LogP contribution in [0.3, 0.4) is 0 Å². The zero-order valence-corrected chi connectivity index (χ0v) is 17.4. The molecule has 3 aliphatic rings. The van der Waals surface area contributed by atoms with E-state index in [2.05, 4.69) is 0 Å². The average Bonchev–Trinajstić information content (AvgIpc) is 3.29. The highest BCUT2D eigenvalue weighted by Crippen LogP contribution is 2.48. The molecule has 0 fully saturated rings. The van der Waals surface area contributed by atoms with E-state index in [0.29, 0.717) is 42.4 Å². The van der Waals surface area contributed by atoms with Crippen LogP contribution in [0.2, 0.25) is 0 Å². The van der Waals surface area contributed by atoms with Crippen molar-refractivity contribution in [3.63, 3.8) is 0 Å². The molecule has 33 heavy (non-hydrogen) atoms. The summed E-state index contributed by atoms with van der Waals surface area (Å²) in [4.78, 5) is 0. The van der Waals surface area contributed by atoms with Crippen LogP contribution in [0.25, 0.3) is 0 Å². The lowest BCUT2D eigenvalue weighted by molar-refractivity contribution is -0.137. The molecular formula is C25H19F3N2O3. The van der Waals surface area contributed by atoms with Crippen molar-refractivity contribution in [1.29, 1.82) is 0 Å². The minimum Gasteiger partial charge on any atom is -0.486 e. The molecule has 0 N–H and O–H groups in total. The summed E-state index contributed by atoms with van der Waals surface area (Å²) >= 11 is 0. The number of benzene rings is 3. The highest BCUT2D eigenvalue weighted by atomic mass is 19.4. The van der Waals surface area contributed by atoms with Crippen molar-refractivity contribution >= 4 is 5.71 Å². The van der Waals surface area contributed by atoms with Gasteiger partial charge >= 0.3 is 6.18 Å². The van der Waals surface area contributed by atoms with Crippen LogP contribution in [0.15, 0.2) is 71.8 Å². The number of hydrazone groups is 1. The normalized spacial score (nSPS) is 21.1. The van der Waals surface area contributed by atoms with Gasteiger partial charge in [-0.05, 0) is 36.4 Å². The maximum absolute atomic E-state index is 13.1. The SMILES string of the molecule is FC(F)(F)c1ccc([C@H]2Oc3ccccc3[C@H]3CC(c4ccc5c(c4)OCCO5)=NN32)cc1. The molecule has 0 aromatic heterocycles. The van der Waals surface area contributed by atoms with Gasteiger partial charge in [0.25, 0.3) is 0 Å². The van der Waals surface area contributed by atoms with E-state index in [9.17, 15) is 13.2 Å². The standard InChI is InChI=1S/C25H19F3N2O3/c26-25(27,28)17-8-5-15(6-9-17)24-30-20(18-3-1-2-4-21(18)33-24)14-19(29-30)16-7-10-22-23(13-16)32-12-11-31-22/h1-10,13,20,24H,11-12,14H2/t20-,24-/m1/s1. The average molecular weight is 452 g/mol. The Bertz CT molecular complexity index is 1240. The monoisotopic (exact) mass is 452 g/mol. The Morgan fingerprint density at radius 1 is 0.848 bits per heavy atom. The molecule has 0 unspecified atom stereocenters. The quantitative estimate of drug-likeness (QED) is 0.499. The number of ether oxygens (including phenoxy) is 3. The Hall–Kier alpha value is -3.68. The van der Waals surface area contributed by atoms with E-state index in [4.69, 9.17) is 19.3 Å². The molecule has 168 valence electrons. The molecular weight excluding hydrogens is 433 g/mol. The zero-order valence-electron chi connectivity index (χ0n) is 17.4. The smallest absolute Gasteiger partial charge is 0.416 e. The number of hydrogen-bond donors (Lipinski definition) is 0. The Balaban J connectivity index is 1.38. The van der Waals surface area contributed by atoms with Gasteiger partial charge in [-0.25, -0.2) is 5.01 Å². The predicted octanol–water partition coefficient (Wildman–Crippen LogP) is 5.72. The Labute approximate surface area is 188 Å². The summed E-state index contributed by atoms with van der Waals surface area (Å²) < 4.78 is 56.7. The van der Waals surface area contributed by atoms with Crippen molar-refractivity contribution < 1.29 is 27.4 Å². The molecule has 5 nitrogen and oxygen atoms in total. The van der Waals surface area contributed by atoms with Crippen LogP contribution in [0, 0.1) is 0 Å². The maximum atomic E-state index is 13.1. The summed E-state index contributed by atoms with van der Waals surface area (Å²) in [5.74, 6) is 2.10. The van der Waals surface area contributed by atoms with Crippen LogP contribution in [0.5, 0.6) is 17.2 Å². The number of para-hydroxylation sites is 1. The minimum absolute atomic E-state index is 0.0922. The van der Waals surface area contributed by atoms with Gasteiger partial charge in [0, 0.05) is 23.1 Å². The van der Waals surface area contributed by atoms with Gasteiger partial charge in [-0.1, -0.05) is 30.3 Å². The summed E-state index contributed by atoms with van der Waals surface area (Å²) in [6, 6.07) is 18.4. The highest BCUT2D eigenvalue weighted by Gasteiger charge is 2.41. The summed E-state index contributed by atoms with van der Waals surface area (Å²) in [5.41, 5.74) is 2.68. The summed E-state index contributed by atoms with van der Waals surface area (Å²) in [7, 11) is 0. The Kier molecular flexibility index (Phi) is 4.50. The molecule has 0 saturated carbocycles.